The van der Waals surface area contributed by atoms with Gasteiger partial charge in [-0.15, -0.1) is 0 Å². The van der Waals surface area contributed by atoms with Crippen LogP contribution in [0, 0.1) is 0 Å². The summed E-state index contributed by atoms with van der Waals surface area (Å²) in [6, 6.07) is 0. The molecule has 202 valence electrons. The molecule has 5 heteroatoms. The number of hydrogen-bond donors (Lipinski definition) is 0. The molecule has 0 fully saturated rings. The van der Waals surface area contributed by atoms with E-state index in [1.165, 1.54) is 89.9 Å². The van der Waals surface area contributed by atoms with Gasteiger partial charge in [0.1, 0.15) is 6.54 Å². The van der Waals surface area contributed by atoms with E-state index in [-0.39, 0.29) is 11.6 Å². The van der Waals surface area contributed by atoms with Crippen molar-refractivity contribution in [3.05, 3.63) is 0 Å². The monoisotopic (exact) mass is 499 g/mol. The van der Waals surface area contributed by atoms with Gasteiger partial charge in [0, 0.05) is 12.8 Å². The Labute approximate surface area is 215 Å². The minimum atomic E-state index is -1.37. The van der Waals surface area contributed by atoms with Crippen LogP contribution in [0.3, 0.4) is 0 Å². The van der Waals surface area contributed by atoms with Gasteiger partial charge in [0.05, 0.1) is 21.1 Å². The average Bonchev–Trinajstić information content (AvgIpc) is 2.79. The summed E-state index contributed by atoms with van der Waals surface area (Å²) in [4.78, 5) is 26.6. The van der Waals surface area contributed by atoms with Gasteiger partial charge >= 0.3 is 0 Å². The van der Waals surface area contributed by atoms with Crippen LogP contribution in [0.25, 0.3) is 0 Å². The summed E-state index contributed by atoms with van der Waals surface area (Å²) in [5, 5.41) is 0. The molecule has 0 rings (SSSR count). The first-order valence-electron chi connectivity index (χ1n) is 14.4. The van der Waals surface area contributed by atoms with Crippen molar-refractivity contribution in [1.29, 1.82) is 0 Å². The fourth-order valence-corrected chi connectivity index (χ4v) is 5.03. The van der Waals surface area contributed by atoms with Gasteiger partial charge < -0.3 is 18.5 Å². The van der Waals surface area contributed by atoms with Gasteiger partial charge in [0.15, 0.2) is 11.6 Å². The molecule has 0 aliphatic rings. The molecule has 0 spiro atoms. The van der Waals surface area contributed by atoms with Gasteiger partial charge in [-0.05, 0) is 12.8 Å². The lowest BCUT2D eigenvalue weighted by Gasteiger charge is -2.39. The Hall–Kier alpha value is -0.310. The van der Waals surface area contributed by atoms with Crippen molar-refractivity contribution >= 4 is 21.0 Å². The highest BCUT2D eigenvalue weighted by Crippen LogP contribution is 2.27. The second-order valence-corrected chi connectivity index (χ2v) is 11.6. The molecule has 0 aromatic rings. The van der Waals surface area contributed by atoms with Crippen LogP contribution in [0.4, 0.5) is 0 Å². The molecule has 0 N–H and O–H groups in total. The number of carbonyl (C=O) groups is 2. The number of carbonyl (C=O) groups excluding carboxylic acids is 2. The molecule has 0 aromatic carbocycles. The molecule has 0 aliphatic heterocycles. The lowest BCUT2D eigenvalue weighted by atomic mass is 9.86. The molecule has 0 unspecified atom stereocenters. The Balaban J connectivity index is 4.52. The minimum absolute atomic E-state index is 0.0561. The second kappa shape index (κ2) is 20.8. The van der Waals surface area contributed by atoms with E-state index in [4.69, 9.17) is 4.52 Å². The van der Waals surface area contributed by atoms with Crippen LogP contribution in [0.2, 0.25) is 0 Å². The van der Waals surface area contributed by atoms with Crippen LogP contribution >= 0.6 is 9.47 Å². The van der Waals surface area contributed by atoms with Gasteiger partial charge in [-0.1, -0.05) is 117 Å². The van der Waals surface area contributed by atoms with Crippen molar-refractivity contribution < 1.29 is 18.6 Å². The van der Waals surface area contributed by atoms with E-state index in [0.29, 0.717) is 23.9 Å². The minimum Gasteiger partial charge on any atom is -0.541 e. The molecule has 0 aromatic heterocycles. The molecule has 0 heterocycles. The zero-order valence-electron chi connectivity index (χ0n) is 23.5. The Morgan fingerprint density at radius 3 is 1.15 bits per heavy atom. The van der Waals surface area contributed by atoms with E-state index in [1.807, 2.05) is 21.1 Å². The topological polar surface area (TPSA) is 43.4 Å². The predicted octanol–water partition coefficient (Wildman–Crippen LogP) is 8.49. The molecular weight excluding hydrogens is 441 g/mol. The molecule has 0 bridgehead atoms. The summed E-state index contributed by atoms with van der Waals surface area (Å²) < 4.78 is 6.11. The van der Waals surface area contributed by atoms with Gasteiger partial charge in [-0.25, -0.2) is 0 Å². The molecule has 0 atom stereocenters. The molecule has 0 amide bonds. The summed E-state index contributed by atoms with van der Waals surface area (Å²) in [5.41, 5.74) is -1.37. The molecular formula is C29H58NO3P. The van der Waals surface area contributed by atoms with E-state index in [0.717, 1.165) is 25.7 Å². The number of quaternary nitrogens is 1. The maximum atomic E-state index is 13.3. The highest BCUT2D eigenvalue weighted by Gasteiger charge is 2.46. The van der Waals surface area contributed by atoms with E-state index in [2.05, 4.69) is 23.3 Å². The standard InChI is InChI=1S/C29H58NO3P/c1-6-8-10-12-14-16-18-20-22-24-27(31)29(33-34,26-30(3,4)5)28(32)25-23-21-19-17-15-13-11-9-7-2/h34H,6-26H2,1-5H3. The first-order valence-corrected chi connectivity index (χ1v) is 14.9. The third kappa shape index (κ3) is 16.4. The molecule has 0 radical (unpaired) electrons. The van der Waals surface area contributed by atoms with E-state index in [1.54, 1.807) is 0 Å². The van der Waals surface area contributed by atoms with Crippen LogP contribution in [0.5, 0.6) is 0 Å². The Kier molecular flexibility index (Phi) is 20.6. The van der Waals surface area contributed by atoms with Crippen LogP contribution in [0.1, 0.15) is 142 Å². The van der Waals surface area contributed by atoms with Crippen LogP contribution in [-0.2, 0) is 14.1 Å². The van der Waals surface area contributed by atoms with Crippen molar-refractivity contribution in [1.82, 2.24) is 0 Å². The number of rotatable bonds is 25. The highest BCUT2D eigenvalue weighted by molar-refractivity contribution is 7.10. The largest absolute Gasteiger partial charge is 0.541 e. The summed E-state index contributed by atoms with van der Waals surface area (Å²) in [5.74, 6) is -0.112. The number of likely N-dealkylation sites (N-methyl/N-ethyl adjacent to an activating group) is 1. The number of hydrogen-bond acceptors (Lipinski definition) is 3. The van der Waals surface area contributed by atoms with Gasteiger partial charge in [0.2, 0.25) is 5.60 Å². The lowest BCUT2D eigenvalue weighted by molar-refractivity contribution is -0.873. The van der Waals surface area contributed by atoms with Gasteiger partial charge in [0.25, 0.3) is 0 Å². The molecule has 34 heavy (non-hydrogen) atoms. The Morgan fingerprint density at radius 1 is 0.588 bits per heavy atom. The summed E-state index contributed by atoms with van der Waals surface area (Å²) in [6.07, 6.45) is 22.6. The fraction of sp³-hybridized carbons (Fsp3) is 0.931. The zero-order chi connectivity index (χ0) is 25.7. The third-order valence-corrected chi connectivity index (χ3v) is 7.14. The van der Waals surface area contributed by atoms with Crippen molar-refractivity contribution in [3.63, 3.8) is 0 Å². The van der Waals surface area contributed by atoms with Gasteiger partial charge in [-0.2, -0.15) is 0 Å². The summed E-state index contributed by atoms with van der Waals surface area (Å²) >= 11 is 0. The van der Waals surface area contributed by atoms with Crippen LogP contribution < -0.4 is 0 Å². The van der Waals surface area contributed by atoms with Crippen LogP contribution in [-0.4, -0.2) is 49.3 Å². The maximum absolute atomic E-state index is 13.3. The predicted molar refractivity (Wildman–Crippen MR) is 149 cm³/mol. The number of ketones is 2. The SMILES string of the molecule is CCCCCCCCCCCC(=O)C(C[N+](C)(C)C)(O[PH-])C(=O)CCCCCCCCCCC. The Bertz CT molecular complexity index is 482. The average molecular weight is 500 g/mol. The van der Waals surface area contributed by atoms with Crippen LogP contribution in [0.15, 0.2) is 0 Å². The molecule has 0 saturated carbocycles. The lowest BCUT2D eigenvalue weighted by Crippen LogP contribution is -2.58. The van der Waals surface area contributed by atoms with Crippen molar-refractivity contribution in [2.45, 2.75) is 148 Å². The smallest absolute Gasteiger partial charge is 0.204 e. The number of Topliss-reactive ketones (excluding diaryl/α,β-unsaturated/α-hetero) is 2. The first kappa shape index (κ1) is 33.7. The van der Waals surface area contributed by atoms with Crippen molar-refractivity contribution in [2.24, 2.45) is 0 Å². The van der Waals surface area contributed by atoms with E-state index < -0.39 is 5.60 Å². The quantitative estimate of drug-likeness (QED) is 0.0547. The van der Waals surface area contributed by atoms with Gasteiger partial charge in [-0.3, -0.25) is 9.59 Å². The highest BCUT2D eigenvalue weighted by atomic mass is 31.0. The maximum Gasteiger partial charge on any atom is 0.204 e. The van der Waals surface area contributed by atoms with E-state index >= 15 is 0 Å². The Morgan fingerprint density at radius 2 is 0.882 bits per heavy atom. The zero-order valence-corrected chi connectivity index (χ0v) is 24.5. The number of nitrogens with zero attached hydrogens (tertiary/aromatic N) is 1. The third-order valence-electron chi connectivity index (χ3n) is 6.79. The van der Waals surface area contributed by atoms with E-state index in [9.17, 15) is 9.59 Å². The summed E-state index contributed by atoms with van der Waals surface area (Å²) in [7, 11) is 9.19. The molecule has 0 aliphatic carbocycles. The number of unbranched alkanes of at least 4 members (excludes halogenated alkanes) is 16. The molecule has 0 saturated heterocycles. The normalized spacial score (nSPS) is 12.3. The van der Waals surface area contributed by atoms with Crippen molar-refractivity contribution in [3.8, 4) is 0 Å². The fourth-order valence-electron chi connectivity index (χ4n) is 4.74. The molecule has 4 nitrogen and oxygen atoms in total. The van der Waals surface area contributed by atoms with Crippen molar-refractivity contribution in [2.75, 3.05) is 27.7 Å². The first-order chi connectivity index (χ1) is 16.2. The summed E-state index contributed by atoms with van der Waals surface area (Å²) in [6.45, 7) is 4.85. The second-order valence-electron chi connectivity index (χ2n) is 11.4.